The van der Waals surface area contributed by atoms with E-state index in [0.29, 0.717) is 5.11 Å². The summed E-state index contributed by atoms with van der Waals surface area (Å²) in [7, 11) is 0. The van der Waals surface area contributed by atoms with Crippen LogP contribution in [0.4, 0.5) is 5.69 Å². The summed E-state index contributed by atoms with van der Waals surface area (Å²) in [4.78, 5) is 5.55. The van der Waals surface area contributed by atoms with Gasteiger partial charge in [-0.1, -0.05) is 18.2 Å². The Kier molecular flexibility index (Phi) is 4.28. The van der Waals surface area contributed by atoms with Crippen LogP contribution in [0.3, 0.4) is 0 Å². The molecule has 5 heteroatoms. The standard InChI is InChI=1S/C13H15N3S2/c1-9-8-14-12(18-9)10(2)15-13(17)16-11-6-4-3-5-7-11/h3-8,10H,1-2H3,(H2,15,16,17). The van der Waals surface area contributed by atoms with Gasteiger partial charge in [-0.15, -0.1) is 11.3 Å². The first-order valence-electron chi connectivity index (χ1n) is 5.70. The van der Waals surface area contributed by atoms with Gasteiger partial charge in [-0.25, -0.2) is 4.98 Å². The van der Waals surface area contributed by atoms with Crippen molar-refractivity contribution in [3.05, 3.63) is 46.4 Å². The van der Waals surface area contributed by atoms with Gasteiger partial charge in [-0.2, -0.15) is 0 Å². The van der Waals surface area contributed by atoms with Crippen LogP contribution in [0.25, 0.3) is 0 Å². The molecule has 0 aliphatic carbocycles. The van der Waals surface area contributed by atoms with Crippen molar-refractivity contribution in [1.29, 1.82) is 0 Å². The zero-order chi connectivity index (χ0) is 13.0. The zero-order valence-electron chi connectivity index (χ0n) is 10.3. The number of thiocarbonyl (C=S) groups is 1. The lowest BCUT2D eigenvalue weighted by molar-refractivity contribution is 0.715. The van der Waals surface area contributed by atoms with Crippen molar-refractivity contribution in [2.75, 3.05) is 5.32 Å². The highest BCUT2D eigenvalue weighted by Crippen LogP contribution is 2.19. The Labute approximate surface area is 116 Å². The van der Waals surface area contributed by atoms with E-state index in [1.54, 1.807) is 11.3 Å². The first kappa shape index (κ1) is 13.0. The van der Waals surface area contributed by atoms with Crippen LogP contribution in [-0.2, 0) is 0 Å². The number of anilines is 1. The van der Waals surface area contributed by atoms with Crippen LogP contribution in [0.1, 0.15) is 22.9 Å². The van der Waals surface area contributed by atoms with Crippen molar-refractivity contribution in [2.45, 2.75) is 19.9 Å². The zero-order valence-corrected chi connectivity index (χ0v) is 11.9. The normalized spacial score (nSPS) is 11.9. The van der Waals surface area contributed by atoms with E-state index in [1.807, 2.05) is 36.5 Å². The van der Waals surface area contributed by atoms with E-state index in [9.17, 15) is 0 Å². The Bertz CT molecular complexity index is 522. The number of benzene rings is 1. The minimum absolute atomic E-state index is 0.118. The third-order valence-corrected chi connectivity index (χ3v) is 3.70. The molecule has 0 amide bonds. The monoisotopic (exact) mass is 277 g/mol. The molecule has 0 bridgehead atoms. The van der Waals surface area contributed by atoms with Crippen LogP contribution < -0.4 is 10.6 Å². The van der Waals surface area contributed by atoms with Gasteiger partial charge in [0.05, 0.1) is 6.04 Å². The minimum Gasteiger partial charge on any atom is -0.353 e. The van der Waals surface area contributed by atoms with E-state index >= 15 is 0 Å². The lowest BCUT2D eigenvalue weighted by Gasteiger charge is -2.14. The first-order chi connectivity index (χ1) is 8.65. The molecule has 1 unspecified atom stereocenters. The number of aromatic nitrogens is 1. The maximum Gasteiger partial charge on any atom is 0.171 e. The van der Waals surface area contributed by atoms with Gasteiger partial charge in [0.25, 0.3) is 0 Å². The van der Waals surface area contributed by atoms with Crippen LogP contribution in [-0.4, -0.2) is 10.1 Å². The summed E-state index contributed by atoms with van der Waals surface area (Å²) >= 11 is 6.96. The van der Waals surface area contributed by atoms with Gasteiger partial charge in [0.15, 0.2) is 5.11 Å². The maximum atomic E-state index is 5.27. The predicted octanol–water partition coefficient (Wildman–Crippen LogP) is 3.50. The van der Waals surface area contributed by atoms with Gasteiger partial charge < -0.3 is 10.6 Å². The Hall–Kier alpha value is -1.46. The fraction of sp³-hybridized carbons (Fsp3) is 0.231. The number of hydrogen-bond donors (Lipinski definition) is 2. The summed E-state index contributed by atoms with van der Waals surface area (Å²) < 4.78 is 0. The fourth-order valence-electron chi connectivity index (χ4n) is 1.52. The van der Waals surface area contributed by atoms with Crippen LogP contribution >= 0.6 is 23.6 Å². The third-order valence-electron chi connectivity index (χ3n) is 2.39. The Morgan fingerprint density at radius 1 is 1.33 bits per heavy atom. The van der Waals surface area contributed by atoms with Crippen molar-refractivity contribution >= 4 is 34.4 Å². The van der Waals surface area contributed by atoms with Crippen molar-refractivity contribution in [1.82, 2.24) is 10.3 Å². The molecule has 1 heterocycles. The van der Waals surface area contributed by atoms with Crippen LogP contribution in [0.2, 0.25) is 0 Å². The minimum atomic E-state index is 0.118. The Balaban J connectivity index is 1.92. The number of rotatable bonds is 3. The molecule has 94 valence electrons. The molecular formula is C13H15N3S2. The van der Waals surface area contributed by atoms with Crippen molar-refractivity contribution in [3.63, 3.8) is 0 Å². The highest BCUT2D eigenvalue weighted by atomic mass is 32.1. The van der Waals surface area contributed by atoms with E-state index < -0.39 is 0 Å². The molecule has 0 radical (unpaired) electrons. The highest BCUT2D eigenvalue weighted by molar-refractivity contribution is 7.80. The van der Waals surface area contributed by atoms with E-state index in [4.69, 9.17) is 12.2 Å². The molecule has 1 aromatic carbocycles. The van der Waals surface area contributed by atoms with Gasteiger partial charge in [-0.3, -0.25) is 0 Å². The molecule has 1 atom stereocenters. The summed E-state index contributed by atoms with van der Waals surface area (Å²) in [5.74, 6) is 0. The van der Waals surface area contributed by atoms with Gasteiger partial charge in [0.2, 0.25) is 0 Å². The quantitative estimate of drug-likeness (QED) is 0.842. The molecule has 0 spiro atoms. The van der Waals surface area contributed by atoms with Crippen molar-refractivity contribution < 1.29 is 0 Å². The first-order valence-corrected chi connectivity index (χ1v) is 6.92. The summed E-state index contributed by atoms with van der Waals surface area (Å²) in [5, 5.41) is 8.03. The number of hydrogen-bond acceptors (Lipinski definition) is 3. The molecule has 0 saturated heterocycles. The molecule has 2 rings (SSSR count). The number of thiazole rings is 1. The second kappa shape index (κ2) is 5.93. The molecule has 0 aliphatic heterocycles. The average molecular weight is 277 g/mol. The molecule has 0 aliphatic rings. The summed E-state index contributed by atoms with van der Waals surface area (Å²) in [6, 6.07) is 9.99. The van der Waals surface area contributed by atoms with E-state index in [1.165, 1.54) is 4.88 Å². The smallest absolute Gasteiger partial charge is 0.171 e. The predicted molar refractivity (Wildman–Crippen MR) is 81.1 cm³/mol. The molecule has 2 aromatic rings. The lowest BCUT2D eigenvalue weighted by atomic mass is 10.3. The van der Waals surface area contributed by atoms with Crippen LogP contribution in [0, 0.1) is 6.92 Å². The number of aryl methyl sites for hydroxylation is 1. The third kappa shape index (κ3) is 3.51. The average Bonchev–Trinajstić information content (AvgIpc) is 2.77. The molecular weight excluding hydrogens is 262 g/mol. The maximum absolute atomic E-state index is 5.27. The van der Waals surface area contributed by atoms with Gasteiger partial charge in [0, 0.05) is 16.8 Å². The van der Waals surface area contributed by atoms with E-state index in [-0.39, 0.29) is 6.04 Å². The van der Waals surface area contributed by atoms with E-state index in [0.717, 1.165) is 10.7 Å². The molecule has 2 N–H and O–H groups in total. The lowest BCUT2D eigenvalue weighted by Crippen LogP contribution is -2.30. The Morgan fingerprint density at radius 3 is 2.67 bits per heavy atom. The second-order valence-corrected chi connectivity index (χ2v) is 5.67. The molecule has 3 nitrogen and oxygen atoms in total. The van der Waals surface area contributed by atoms with Gasteiger partial charge in [-0.05, 0) is 38.2 Å². The summed E-state index contributed by atoms with van der Waals surface area (Å²) in [5.41, 5.74) is 0.984. The van der Waals surface area contributed by atoms with Crippen molar-refractivity contribution in [3.8, 4) is 0 Å². The number of para-hydroxylation sites is 1. The number of nitrogens with one attached hydrogen (secondary N) is 2. The molecule has 1 aromatic heterocycles. The highest BCUT2D eigenvalue weighted by Gasteiger charge is 2.10. The summed E-state index contributed by atoms with van der Waals surface area (Å²) in [6.07, 6.45) is 1.88. The van der Waals surface area contributed by atoms with E-state index in [2.05, 4.69) is 29.5 Å². The second-order valence-electron chi connectivity index (χ2n) is 4.00. The van der Waals surface area contributed by atoms with Crippen LogP contribution in [0.15, 0.2) is 36.5 Å². The Morgan fingerprint density at radius 2 is 2.06 bits per heavy atom. The topological polar surface area (TPSA) is 37.0 Å². The van der Waals surface area contributed by atoms with Crippen molar-refractivity contribution in [2.24, 2.45) is 0 Å². The molecule has 0 saturated carbocycles. The summed E-state index contributed by atoms with van der Waals surface area (Å²) in [6.45, 7) is 4.10. The SMILES string of the molecule is Cc1cnc(C(C)NC(=S)Nc2ccccc2)s1. The van der Waals surface area contributed by atoms with Gasteiger partial charge >= 0.3 is 0 Å². The molecule has 18 heavy (non-hydrogen) atoms. The fourth-order valence-corrected chi connectivity index (χ4v) is 2.59. The largest absolute Gasteiger partial charge is 0.353 e. The van der Waals surface area contributed by atoms with Gasteiger partial charge in [0.1, 0.15) is 5.01 Å². The number of nitrogens with zero attached hydrogens (tertiary/aromatic N) is 1. The van der Waals surface area contributed by atoms with Crippen LogP contribution in [0.5, 0.6) is 0 Å². The molecule has 0 fully saturated rings.